The second kappa shape index (κ2) is 5.58. The van der Waals surface area contributed by atoms with Crippen molar-refractivity contribution in [3.05, 3.63) is 30.1 Å². The van der Waals surface area contributed by atoms with Crippen molar-refractivity contribution in [1.82, 2.24) is 0 Å². The number of benzene rings is 1. The molecule has 1 aromatic carbocycles. The van der Waals surface area contributed by atoms with Gasteiger partial charge in [0.1, 0.15) is 11.9 Å². The molecule has 7 heteroatoms. The van der Waals surface area contributed by atoms with Crippen LogP contribution in [0.3, 0.4) is 0 Å². The zero-order valence-corrected chi connectivity index (χ0v) is 12.7. The van der Waals surface area contributed by atoms with Gasteiger partial charge in [-0.25, -0.2) is 4.39 Å². The first-order chi connectivity index (χ1) is 11.5. The van der Waals surface area contributed by atoms with Crippen LogP contribution in [0.25, 0.3) is 0 Å². The van der Waals surface area contributed by atoms with Crippen LogP contribution in [0.4, 0.5) is 10.1 Å². The number of rotatable bonds is 4. The van der Waals surface area contributed by atoms with Gasteiger partial charge in [-0.3, -0.25) is 14.4 Å². The number of anilines is 1. The largest absolute Gasteiger partial charge is 0.462 e. The summed E-state index contributed by atoms with van der Waals surface area (Å²) in [7, 11) is 0. The summed E-state index contributed by atoms with van der Waals surface area (Å²) < 4.78 is 23.2. The van der Waals surface area contributed by atoms with Crippen LogP contribution >= 0.6 is 0 Å². The van der Waals surface area contributed by atoms with Gasteiger partial charge in [0.15, 0.2) is 6.61 Å². The average Bonchev–Trinajstić information content (AvgIpc) is 3.16. The monoisotopic (exact) mass is 333 g/mol. The van der Waals surface area contributed by atoms with Crippen LogP contribution in [0.15, 0.2) is 24.3 Å². The van der Waals surface area contributed by atoms with E-state index in [1.54, 1.807) is 0 Å². The molecule has 1 heterocycles. The second-order valence-corrected chi connectivity index (χ2v) is 6.59. The lowest BCUT2D eigenvalue weighted by Crippen LogP contribution is -2.34. The number of ether oxygens (including phenoxy) is 2. The molecular formula is C17H16FNO5. The standard InChI is InChI=1S/C17H16FNO5/c18-9-1-3-10(4-2-9)19-13(20)7-23-16(21)14-8-5-11-12(6-8)24-17(22)15(11)14/h1-4,8,11-12,14-15H,5-7H2,(H,19,20)/t8-,11-,12+,14-,15-/m0/s1. The van der Waals surface area contributed by atoms with E-state index in [1.165, 1.54) is 24.3 Å². The van der Waals surface area contributed by atoms with Crippen LogP contribution in [0, 0.1) is 29.5 Å². The molecule has 3 fully saturated rings. The molecule has 3 aliphatic rings. The molecule has 2 aliphatic carbocycles. The maximum Gasteiger partial charge on any atom is 0.310 e. The lowest BCUT2D eigenvalue weighted by atomic mass is 9.80. The zero-order chi connectivity index (χ0) is 16.8. The molecule has 24 heavy (non-hydrogen) atoms. The second-order valence-electron chi connectivity index (χ2n) is 6.59. The Labute approximate surface area is 137 Å². The number of carbonyl (C=O) groups is 3. The highest BCUT2D eigenvalue weighted by molar-refractivity contribution is 5.93. The lowest BCUT2D eigenvalue weighted by Gasteiger charge is -2.22. The van der Waals surface area contributed by atoms with Gasteiger partial charge in [0, 0.05) is 11.6 Å². The number of amides is 1. The number of fused-ring (bicyclic) bond motifs is 1. The molecule has 5 atom stereocenters. The van der Waals surface area contributed by atoms with Crippen molar-refractivity contribution in [3.8, 4) is 0 Å². The number of esters is 2. The van der Waals surface area contributed by atoms with E-state index in [1.807, 2.05) is 0 Å². The Kier molecular flexibility index (Phi) is 3.51. The Morgan fingerprint density at radius 2 is 2.00 bits per heavy atom. The summed E-state index contributed by atoms with van der Waals surface area (Å²) in [6.07, 6.45) is 1.47. The lowest BCUT2D eigenvalue weighted by molar-refractivity contribution is -0.157. The average molecular weight is 333 g/mol. The predicted molar refractivity (Wildman–Crippen MR) is 79.1 cm³/mol. The maximum absolute atomic E-state index is 12.8. The number of halogens is 1. The fraction of sp³-hybridized carbons (Fsp3) is 0.471. The minimum atomic E-state index is -0.515. The molecule has 0 radical (unpaired) electrons. The predicted octanol–water partition coefficient (Wildman–Crippen LogP) is 1.50. The molecule has 1 amide bonds. The van der Waals surface area contributed by atoms with Crippen molar-refractivity contribution < 1.29 is 28.2 Å². The first-order valence-electron chi connectivity index (χ1n) is 7.95. The van der Waals surface area contributed by atoms with E-state index in [4.69, 9.17) is 9.47 Å². The van der Waals surface area contributed by atoms with Crippen molar-refractivity contribution >= 4 is 23.5 Å². The van der Waals surface area contributed by atoms with E-state index < -0.39 is 36.1 Å². The van der Waals surface area contributed by atoms with E-state index in [9.17, 15) is 18.8 Å². The van der Waals surface area contributed by atoms with Gasteiger partial charge in [0.2, 0.25) is 0 Å². The highest BCUT2D eigenvalue weighted by Gasteiger charge is 2.64. The maximum atomic E-state index is 12.8. The highest BCUT2D eigenvalue weighted by Crippen LogP contribution is 2.57. The number of nitrogens with one attached hydrogen (secondary N) is 1. The van der Waals surface area contributed by atoms with Crippen molar-refractivity contribution in [3.63, 3.8) is 0 Å². The van der Waals surface area contributed by atoms with E-state index in [0.29, 0.717) is 12.1 Å². The van der Waals surface area contributed by atoms with E-state index in [0.717, 1.165) is 6.42 Å². The van der Waals surface area contributed by atoms with Crippen molar-refractivity contribution in [2.24, 2.45) is 23.7 Å². The van der Waals surface area contributed by atoms with E-state index in [-0.39, 0.29) is 23.9 Å². The molecule has 2 saturated carbocycles. The van der Waals surface area contributed by atoms with Crippen LogP contribution in [0.1, 0.15) is 12.8 Å². The Morgan fingerprint density at radius 3 is 2.75 bits per heavy atom. The molecule has 4 rings (SSSR count). The van der Waals surface area contributed by atoms with Crippen LogP contribution in [-0.2, 0) is 23.9 Å². The Morgan fingerprint density at radius 1 is 1.25 bits per heavy atom. The summed E-state index contributed by atoms with van der Waals surface area (Å²) >= 11 is 0. The molecule has 1 saturated heterocycles. The molecule has 126 valence electrons. The van der Waals surface area contributed by atoms with Gasteiger partial charge >= 0.3 is 11.9 Å². The molecule has 0 unspecified atom stereocenters. The number of carbonyl (C=O) groups excluding carboxylic acids is 3. The Balaban J connectivity index is 1.33. The molecule has 1 N–H and O–H groups in total. The fourth-order valence-corrected chi connectivity index (χ4v) is 4.29. The summed E-state index contributed by atoms with van der Waals surface area (Å²) in [4.78, 5) is 36.0. The topological polar surface area (TPSA) is 81.7 Å². The van der Waals surface area contributed by atoms with Gasteiger partial charge in [0.05, 0.1) is 11.8 Å². The highest BCUT2D eigenvalue weighted by atomic mass is 19.1. The Bertz CT molecular complexity index is 701. The van der Waals surface area contributed by atoms with Gasteiger partial charge in [0.25, 0.3) is 5.91 Å². The summed E-state index contributed by atoms with van der Waals surface area (Å²) in [5.74, 6) is -2.44. The van der Waals surface area contributed by atoms with Gasteiger partial charge in [-0.1, -0.05) is 0 Å². The van der Waals surface area contributed by atoms with Gasteiger partial charge in [-0.05, 0) is 43.0 Å². The third-order valence-electron chi connectivity index (χ3n) is 5.23. The summed E-state index contributed by atoms with van der Waals surface area (Å²) in [6.45, 7) is -0.435. The van der Waals surface area contributed by atoms with Crippen molar-refractivity contribution in [2.75, 3.05) is 11.9 Å². The minimum absolute atomic E-state index is 0.0432. The van der Waals surface area contributed by atoms with E-state index in [2.05, 4.69) is 5.32 Å². The van der Waals surface area contributed by atoms with Crippen molar-refractivity contribution in [1.29, 1.82) is 0 Å². The molecule has 0 aromatic heterocycles. The smallest absolute Gasteiger partial charge is 0.310 e. The van der Waals surface area contributed by atoms with Crippen LogP contribution in [0.5, 0.6) is 0 Å². The molecular weight excluding hydrogens is 317 g/mol. The van der Waals surface area contributed by atoms with Gasteiger partial charge in [-0.2, -0.15) is 0 Å². The molecule has 2 bridgehead atoms. The van der Waals surface area contributed by atoms with Crippen LogP contribution in [0.2, 0.25) is 0 Å². The molecule has 1 aliphatic heterocycles. The third kappa shape index (κ3) is 2.44. The third-order valence-corrected chi connectivity index (χ3v) is 5.23. The molecule has 1 aromatic rings. The first-order valence-corrected chi connectivity index (χ1v) is 7.95. The number of hydrogen-bond donors (Lipinski definition) is 1. The van der Waals surface area contributed by atoms with Crippen LogP contribution < -0.4 is 5.32 Å². The molecule has 6 nitrogen and oxygen atoms in total. The summed E-state index contributed by atoms with van der Waals surface area (Å²) in [6, 6.07) is 5.28. The molecule has 0 spiro atoms. The quantitative estimate of drug-likeness (QED) is 0.845. The summed E-state index contributed by atoms with van der Waals surface area (Å²) in [5.41, 5.74) is 0.416. The number of hydrogen-bond acceptors (Lipinski definition) is 5. The summed E-state index contributed by atoms with van der Waals surface area (Å²) in [5, 5.41) is 2.52. The minimum Gasteiger partial charge on any atom is -0.462 e. The van der Waals surface area contributed by atoms with Crippen molar-refractivity contribution in [2.45, 2.75) is 18.9 Å². The van der Waals surface area contributed by atoms with Crippen LogP contribution in [-0.4, -0.2) is 30.6 Å². The Hall–Kier alpha value is -2.44. The SMILES string of the molecule is O=C(COC(=O)[C@H]1[C@H]2C[C@@H]3[C@@H]1C(=O)O[C@@H]3C2)Nc1ccc(F)cc1. The van der Waals surface area contributed by atoms with Gasteiger partial charge in [-0.15, -0.1) is 0 Å². The first kappa shape index (κ1) is 15.1. The van der Waals surface area contributed by atoms with Gasteiger partial charge < -0.3 is 14.8 Å². The zero-order valence-electron chi connectivity index (χ0n) is 12.7. The van der Waals surface area contributed by atoms with E-state index >= 15 is 0 Å². The normalized spacial score (nSPS) is 32.5. The fourth-order valence-electron chi connectivity index (χ4n) is 4.29.